The van der Waals surface area contributed by atoms with Gasteiger partial charge >= 0.3 is 18.2 Å². The first-order valence-electron chi connectivity index (χ1n) is 9.28. The van der Waals surface area contributed by atoms with E-state index in [1.54, 1.807) is 48.5 Å². The summed E-state index contributed by atoms with van der Waals surface area (Å²) in [5.74, 6) is -0.670. The van der Waals surface area contributed by atoms with Crippen molar-refractivity contribution in [2.75, 3.05) is 6.61 Å². The Labute approximate surface area is 180 Å². The van der Waals surface area contributed by atoms with Crippen LogP contribution in [-0.2, 0) is 32.1 Å². The largest absolute Gasteiger partial charge is 0.465 e. The average molecular weight is 446 g/mol. The third-order valence-corrected chi connectivity index (χ3v) is 3.55. The average Bonchev–Trinajstić information content (AvgIpc) is 2.54. The molecule has 30 heavy (non-hydrogen) atoms. The summed E-state index contributed by atoms with van der Waals surface area (Å²) in [6, 6.07) is 0. The maximum Gasteiger partial charge on any atom is 0.420 e. The van der Waals surface area contributed by atoms with Crippen LogP contribution in [0.4, 0.5) is 9.59 Å². The van der Waals surface area contributed by atoms with Gasteiger partial charge in [0, 0.05) is 0 Å². The fourth-order valence-electron chi connectivity index (χ4n) is 2.09. The zero-order valence-corrected chi connectivity index (χ0v) is 19.0. The van der Waals surface area contributed by atoms with E-state index in [0.29, 0.717) is 4.90 Å². The molecule has 0 bridgehead atoms. The molecule has 0 aromatic carbocycles. The molecule has 1 heterocycles. The van der Waals surface area contributed by atoms with Crippen LogP contribution in [0.15, 0.2) is 11.0 Å². The van der Waals surface area contributed by atoms with Crippen molar-refractivity contribution in [2.24, 2.45) is 0 Å². The maximum atomic E-state index is 12.8. The van der Waals surface area contributed by atoms with Crippen molar-refractivity contribution in [1.29, 1.82) is 0 Å². The molecule has 1 aromatic heterocycles. The van der Waals surface area contributed by atoms with E-state index in [9.17, 15) is 19.2 Å². The van der Waals surface area contributed by atoms with E-state index >= 15 is 0 Å². The van der Waals surface area contributed by atoms with Crippen LogP contribution >= 0.6 is 11.6 Å². The number of hydrogen-bond acceptors (Lipinski definition) is 8. The van der Waals surface area contributed by atoms with Crippen molar-refractivity contribution in [3.8, 4) is 0 Å². The number of ether oxygens (including phenoxy) is 3. The van der Waals surface area contributed by atoms with Gasteiger partial charge in [-0.3, -0.25) is 9.59 Å². The molecule has 0 spiro atoms. The van der Waals surface area contributed by atoms with Crippen LogP contribution in [0, 0.1) is 0 Å². The Bertz CT molecular complexity index is 825. The molecular weight excluding hydrogens is 418 g/mol. The second kappa shape index (κ2) is 9.92. The highest BCUT2D eigenvalue weighted by molar-refractivity contribution is 6.31. The number of nitrogens with zero attached hydrogens (tertiary/aromatic N) is 3. The molecule has 0 aliphatic heterocycles. The Hall–Kier alpha value is -2.62. The molecule has 0 fully saturated rings. The predicted molar refractivity (Wildman–Crippen MR) is 108 cm³/mol. The summed E-state index contributed by atoms with van der Waals surface area (Å²) in [5, 5.41) is 3.71. The van der Waals surface area contributed by atoms with E-state index in [-0.39, 0.29) is 17.2 Å². The SMILES string of the molecule is CCOC(=O)Cn1ncc(Cl)c(CN(C(=O)OC(C)(C)C)C(=O)OC(C)(C)C)c1=O. The lowest BCUT2D eigenvalue weighted by atomic mass is 10.2. The molecule has 0 aliphatic carbocycles. The van der Waals surface area contributed by atoms with Crippen molar-refractivity contribution < 1.29 is 28.6 Å². The highest BCUT2D eigenvalue weighted by atomic mass is 35.5. The van der Waals surface area contributed by atoms with Crippen LogP contribution in [0.3, 0.4) is 0 Å². The number of amides is 2. The van der Waals surface area contributed by atoms with Crippen LogP contribution in [0.1, 0.15) is 54.0 Å². The highest BCUT2D eigenvalue weighted by Crippen LogP contribution is 2.19. The van der Waals surface area contributed by atoms with Gasteiger partial charge in [-0.05, 0) is 48.5 Å². The van der Waals surface area contributed by atoms with Crippen molar-refractivity contribution >= 4 is 29.8 Å². The minimum atomic E-state index is -1.01. The molecule has 1 rings (SSSR count). The van der Waals surface area contributed by atoms with E-state index in [1.807, 2.05) is 0 Å². The van der Waals surface area contributed by atoms with Crippen LogP contribution in [0.5, 0.6) is 0 Å². The molecule has 0 unspecified atom stereocenters. The summed E-state index contributed by atoms with van der Waals surface area (Å²) < 4.78 is 16.2. The van der Waals surface area contributed by atoms with Crippen molar-refractivity contribution in [2.45, 2.75) is 72.8 Å². The van der Waals surface area contributed by atoms with Gasteiger partial charge in [-0.1, -0.05) is 11.6 Å². The van der Waals surface area contributed by atoms with Gasteiger partial charge in [0.2, 0.25) is 0 Å². The topological polar surface area (TPSA) is 117 Å². The van der Waals surface area contributed by atoms with Gasteiger partial charge in [-0.25, -0.2) is 19.2 Å². The molecule has 11 heteroatoms. The molecule has 2 amide bonds. The van der Waals surface area contributed by atoms with Gasteiger partial charge in [0.1, 0.15) is 17.7 Å². The lowest BCUT2D eigenvalue weighted by Crippen LogP contribution is -2.44. The number of rotatable bonds is 5. The van der Waals surface area contributed by atoms with Gasteiger partial charge in [0.15, 0.2) is 0 Å². The molecule has 0 saturated carbocycles. The molecule has 0 N–H and O–H groups in total. The summed E-state index contributed by atoms with van der Waals surface area (Å²) in [4.78, 5) is 50.3. The molecule has 0 saturated heterocycles. The Balaban J connectivity index is 3.31. The lowest BCUT2D eigenvalue weighted by Gasteiger charge is -2.28. The van der Waals surface area contributed by atoms with Gasteiger partial charge in [0.05, 0.1) is 29.9 Å². The van der Waals surface area contributed by atoms with Gasteiger partial charge < -0.3 is 14.2 Å². The predicted octanol–water partition coefficient (Wildman–Crippen LogP) is 3.13. The summed E-state index contributed by atoms with van der Waals surface area (Å²) >= 11 is 6.10. The molecule has 10 nitrogen and oxygen atoms in total. The molecule has 0 radical (unpaired) electrons. The fraction of sp³-hybridized carbons (Fsp3) is 0.632. The maximum absolute atomic E-state index is 12.8. The monoisotopic (exact) mass is 445 g/mol. The quantitative estimate of drug-likeness (QED) is 0.501. The number of carbonyl (C=O) groups excluding carboxylic acids is 3. The summed E-state index contributed by atoms with van der Waals surface area (Å²) in [5.41, 5.74) is -2.69. The number of carbonyl (C=O) groups is 3. The first-order valence-corrected chi connectivity index (χ1v) is 9.66. The molecule has 168 valence electrons. The second-order valence-corrected chi connectivity index (χ2v) is 8.69. The van der Waals surface area contributed by atoms with Crippen molar-refractivity contribution in [3.63, 3.8) is 0 Å². The van der Waals surface area contributed by atoms with E-state index in [2.05, 4.69) is 5.10 Å². The van der Waals surface area contributed by atoms with Crippen LogP contribution < -0.4 is 5.56 Å². The van der Waals surface area contributed by atoms with Gasteiger partial charge in [-0.15, -0.1) is 0 Å². The first-order chi connectivity index (χ1) is 13.6. The zero-order valence-electron chi connectivity index (χ0n) is 18.3. The van der Waals surface area contributed by atoms with Crippen molar-refractivity contribution in [3.05, 3.63) is 27.1 Å². The number of hydrogen-bond donors (Lipinski definition) is 0. The van der Waals surface area contributed by atoms with E-state index in [1.165, 1.54) is 0 Å². The summed E-state index contributed by atoms with van der Waals surface area (Å²) in [7, 11) is 0. The molecular formula is C19H28ClN3O7. The van der Waals surface area contributed by atoms with Gasteiger partial charge in [-0.2, -0.15) is 5.10 Å². The first kappa shape index (κ1) is 25.4. The Morgan fingerprint density at radius 2 is 1.57 bits per heavy atom. The third kappa shape index (κ3) is 8.02. The Kier molecular flexibility index (Phi) is 8.41. The minimum absolute atomic E-state index is 0.0859. The molecule has 0 aliphatic rings. The molecule has 0 atom stereocenters. The standard InChI is InChI=1S/C19H28ClN3O7/c1-8-28-14(24)11-23-15(25)12(13(20)9-21-23)10-22(16(26)29-18(2,3)4)17(27)30-19(5,6)7/h9H,8,10-11H2,1-7H3. The second-order valence-electron chi connectivity index (χ2n) is 8.29. The van der Waals surface area contributed by atoms with Gasteiger partial charge in [0.25, 0.3) is 5.56 Å². The number of aromatic nitrogens is 2. The number of halogens is 1. The Morgan fingerprint density at radius 3 is 2.00 bits per heavy atom. The smallest absolute Gasteiger partial charge is 0.420 e. The number of esters is 1. The Morgan fingerprint density at radius 1 is 1.07 bits per heavy atom. The number of imide groups is 1. The third-order valence-electron chi connectivity index (χ3n) is 3.22. The van der Waals surface area contributed by atoms with Crippen molar-refractivity contribution in [1.82, 2.24) is 14.7 Å². The lowest BCUT2D eigenvalue weighted by molar-refractivity contribution is -0.144. The van der Waals surface area contributed by atoms with E-state index < -0.39 is 48.0 Å². The van der Waals surface area contributed by atoms with E-state index in [4.69, 9.17) is 25.8 Å². The highest BCUT2D eigenvalue weighted by Gasteiger charge is 2.32. The fourth-order valence-corrected chi connectivity index (χ4v) is 2.27. The van der Waals surface area contributed by atoms with Crippen LogP contribution in [0.25, 0.3) is 0 Å². The van der Waals surface area contributed by atoms with E-state index in [0.717, 1.165) is 10.9 Å². The van der Waals surface area contributed by atoms with Crippen LogP contribution in [0.2, 0.25) is 5.02 Å². The summed E-state index contributed by atoms with van der Waals surface area (Å²) in [6.45, 7) is 10.6. The minimum Gasteiger partial charge on any atom is -0.465 e. The van der Waals surface area contributed by atoms with Crippen LogP contribution in [-0.4, -0.2) is 50.6 Å². The normalized spacial score (nSPS) is 11.6. The summed E-state index contributed by atoms with van der Waals surface area (Å²) in [6.07, 6.45) is -0.887. The molecule has 1 aromatic rings. The zero-order chi connectivity index (χ0) is 23.3.